The van der Waals surface area contributed by atoms with Gasteiger partial charge in [-0.15, -0.1) is 0 Å². The van der Waals surface area contributed by atoms with Gasteiger partial charge >= 0.3 is 0 Å². The van der Waals surface area contributed by atoms with Crippen molar-refractivity contribution >= 4 is 32.9 Å². The molecular weight excluding hydrogens is 122 g/mol. The van der Waals surface area contributed by atoms with Crippen LogP contribution in [0.15, 0.2) is 18.2 Å². The highest BCUT2D eigenvalue weighted by molar-refractivity contribution is 6.38. The smallest absolute Gasteiger partial charge is 0.150 e. The summed E-state index contributed by atoms with van der Waals surface area (Å²) in [6.07, 6.45) is 0.875. The number of rotatable bonds is 1. The van der Waals surface area contributed by atoms with E-state index in [-0.39, 0.29) is 0 Å². The molecule has 0 heterocycles. The van der Waals surface area contributed by atoms with E-state index < -0.39 is 0 Å². The molecule has 0 saturated carbocycles. The fourth-order valence-electron chi connectivity index (χ4n) is 1.08. The van der Waals surface area contributed by atoms with Gasteiger partial charge in [-0.05, 0) is 0 Å². The van der Waals surface area contributed by atoms with Crippen LogP contribution in [0.4, 0.5) is 0 Å². The summed E-state index contributed by atoms with van der Waals surface area (Å²) in [5.74, 6) is 0. The zero-order valence-corrected chi connectivity index (χ0v) is 6.22. The molecule has 0 unspecified atom stereocenters. The maximum atomic E-state index is 10.3. The van der Waals surface area contributed by atoms with Gasteiger partial charge in [0.25, 0.3) is 0 Å². The number of aldehydes is 1. The first-order valence-electron chi connectivity index (χ1n) is 3.26. The number of hydrogen-bond donors (Lipinski definition) is 0. The average Bonchev–Trinajstić information content (AvgIpc) is 1.85. The molecule has 0 atom stereocenters. The van der Waals surface area contributed by atoms with Crippen molar-refractivity contribution < 1.29 is 4.79 Å². The lowest BCUT2D eigenvalue weighted by Gasteiger charge is -1.96. The lowest BCUT2D eigenvalue weighted by Crippen LogP contribution is -2.14. The minimum atomic E-state index is 0.762. The SMILES string of the molecule is Bc1cc(B)cc(C=O)c1. The largest absolute Gasteiger partial charge is 0.298 e. The Labute approximate surface area is 62.3 Å². The Morgan fingerprint density at radius 2 is 1.60 bits per heavy atom. The summed E-state index contributed by atoms with van der Waals surface area (Å²) in [5, 5.41) is 0. The molecular formula is C7H8B2O. The second-order valence-corrected chi connectivity index (χ2v) is 2.54. The Morgan fingerprint density at radius 3 is 2.00 bits per heavy atom. The molecule has 0 bridgehead atoms. The Hall–Kier alpha value is -0.980. The summed E-state index contributed by atoms with van der Waals surface area (Å²) >= 11 is 0. The highest BCUT2D eigenvalue weighted by atomic mass is 16.1. The van der Waals surface area contributed by atoms with Gasteiger partial charge in [0.15, 0.2) is 0 Å². The average molecular weight is 130 g/mol. The van der Waals surface area contributed by atoms with Crippen molar-refractivity contribution in [3.8, 4) is 0 Å². The summed E-state index contributed by atoms with van der Waals surface area (Å²) in [6, 6.07) is 5.80. The molecule has 1 aromatic carbocycles. The second kappa shape index (κ2) is 2.74. The molecule has 0 aromatic heterocycles. The van der Waals surface area contributed by atoms with Crippen molar-refractivity contribution in [2.75, 3.05) is 0 Å². The van der Waals surface area contributed by atoms with Gasteiger partial charge < -0.3 is 0 Å². The van der Waals surface area contributed by atoms with Gasteiger partial charge in [0.2, 0.25) is 0 Å². The third kappa shape index (κ3) is 1.50. The van der Waals surface area contributed by atoms with Crippen LogP contribution in [0, 0.1) is 0 Å². The Morgan fingerprint density at radius 1 is 1.10 bits per heavy atom. The van der Waals surface area contributed by atoms with Crippen LogP contribution in [-0.2, 0) is 0 Å². The molecule has 0 aliphatic heterocycles. The number of carbonyl (C=O) groups is 1. The van der Waals surface area contributed by atoms with Crippen molar-refractivity contribution in [2.45, 2.75) is 0 Å². The van der Waals surface area contributed by atoms with Crippen molar-refractivity contribution in [3.05, 3.63) is 23.8 Å². The van der Waals surface area contributed by atoms with Gasteiger partial charge in [0.05, 0.1) is 0 Å². The van der Waals surface area contributed by atoms with Crippen LogP contribution in [-0.4, -0.2) is 22.0 Å². The van der Waals surface area contributed by atoms with E-state index in [1.54, 1.807) is 0 Å². The monoisotopic (exact) mass is 130 g/mol. The lowest BCUT2D eigenvalue weighted by molar-refractivity contribution is 0.112. The predicted octanol–water partition coefficient (Wildman–Crippen LogP) is -1.98. The molecule has 0 amide bonds. The third-order valence-corrected chi connectivity index (χ3v) is 1.38. The zero-order valence-electron chi connectivity index (χ0n) is 6.22. The standard InChI is InChI=1S/C7H8B2O/c8-6-1-5(4-10)2-7(9)3-6/h1-4H,8-9H2. The summed E-state index contributed by atoms with van der Waals surface area (Å²) in [6.45, 7) is 0. The lowest BCUT2D eigenvalue weighted by atomic mass is 9.86. The third-order valence-electron chi connectivity index (χ3n) is 1.38. The molecule has 1 aromatic rings. The van der Waals surface area contributed by atoms with Gasteiger partial charge in [0.1, 0.15) is 22.0 Å². The second-order valence-electron chi connectivity index (χ2n) is 2.54. The maximum Gasteiger partial charge on any atom is 0.150 e. The number of carbonyl (C=O) groups excluding carboxylic acids is 1. The normalized spacial score (nSPS) is 9.20. The van der Waals surface area contributed by atoms with E-state index in [9.17, 15) is 4.79 Å². The first kappa shape index (κ1) is 7.13. The topological polar surface area (TPSA) is 17.1 Å². The van der Waals surface area contributed by atoms with Crippen LogP contribution >= 0.6 is 0 Å². The molecule has 0 N–H and O–H groups in total. The summed E-state index contributed by atoms with van der Waals surface area (Å²) in [4.78, 5) is 10.3. The van der Waals surface area contributed by atoms with E-state index >= 15 is 0 Å². The molecule has 0 saturated heterocycles. The first-order chi connectivity index (χ1) is 4.72. The van der Waals surface area contributed by atoms with Gasteiger partial charge in [-0.1, -0.05) is 29.1 Å². The van der Waals surface area contributed by atoms with E-state index in [2.05, 4.69) is 0 Å². The van der Waals surface area contributed by atoms with E-state index in [1.165, 1.54) is 0 Å². The highest BCUT2D eigenvalue weighted by Gasteiger charge is 1.91. The maximum absolute atomic E-state index is 10.3. The molecule has 0 radical (unpaired) electrons. The zero-order chi connectivity index (χ0) is 7.56. The van der Waals surface area contributed by atoms with E-state index in [1.807, 2.05) is 33.9 Å². The predicted molar refractivity (Wildman–Crippen MR) is 48.2 cm³/mol. The van der Waals surface area contributed by atoms with Crippen molar-refractivity contribution in [1.82, 2.24) is 0 Å². The van der Waals surface area contributed by atoms with Crippen LogP contribution in [0.25, 0.3) is 0 Å². The molecule has 1 nitrogen and oxygen atoms in total. The Bertz CT molecular complexity index is 238. The van der Waals surface area contributed by atoms with E-state index in [4.69, 9.17) is 0 Å². The number of benzene rings is 1. The molecule has 0 fully saturated rings. The van der Waals surface area contributed by atoms with Crippen LogP contribution < -0.4 is 10.9 Å². The Kier molecular flexibility index (Phi) is 1.95. The van der Waals surface area contributed by atoms with Gasteiger partial charge in [-0.2, -0.15) is 0 Å². The fourth-order valence-corrected chi connectivity index (χ4v) is 1.08. The minimum Gasteiger partial charge on any atom is -0.298 e. The molecule has 0 spiro atoms. The van der Waals surface area contributed by atoms with Crippen LogP contribution in [0.3, 0.4) is 0 Å². The van der Waals surface area contributed by atoms with Crippen LogP contribution in [0.1, 0.15) is 10.4 Å². The van der Waals surface area contributed by atoms with Crippen LogP contribution in [0.2, 0.25) is 0 Å². The quantitative estimate of drug-likeness (QED) is 0.317. The van der Waals surface area contributed by atoms with Gasteiger partial charge in [-0.3, -0.25) is 4.79 Å². The van der Waals surface area contributed by atoms with E-state index in [0.717, 1.165) is 22.8 Å². The Balaban J connectivity index is 3.18. The minimum absolute atomic E-state index is 0.762. The highest BCUT2D eigenvalue weighted by Crippen LogP contribution is 1.86. The van der Waals surface area contributed by atoms with Crippen molar-refractivity contribution in [2.24, 2.45) is 0 Å². The van der Waals surface area contributed by atoms with Gasteiger partial charge in [-0.25, -0.2) is 0 Å². The summed E-state index contributed by atoms with van der Waals surface area (Å²) < 4.78 is 0. The van der Waals surface area contributed by atoms with E-state index in [0.29, 0.717) is 0 Å². The summed E-state index contributed by atoms with van der Waals surface area (Å²) in [7, 11) is 3.97. The molecule has 3 heteroatoms. The summed E-state index contributed by atoms with van der Waals surface area (Å²) in [5.41, 5.74) is 3.04. The first-order valence-corrected chi connectivity index (χ1v) is 3.26. The van der Waals surface area contributed by atoms with Crippen molar-refractivity contribution in [1.29, 1.82) is 0 Å². The molecule has 0 aliphatic rings. The van der Waals surface area contributed by atoms with Crippen molar-refractivity contribution in [3.63, 3.8) is 0 Å². The fraction of sp³-hybridized carbons (Fsp3) is 0. The van der Waals surface area contributed by atoms with Crippen LogP contribution in [0.5, 0.6) is 0 Å². The van der Waals surface area contributed by atoms with Gasteiger partial charge in [0, 0.05) is 5.56 Å². The number of hydrogen-bond acceptors (Lipinski definition) is 1. The molecule has 10 heavy (non-hydrogen) atoms. The molecule has 0 aliphatic carbocycles. The molecule has 1 rings (SSSR count). The molecule has 48 valence electrons.